The Hall–Kier alpha value is -6.99. The minimum absolute atomic E-state index is 0.0706. The number of allylic oxidation sites excluding steroid dienone is 5. The molecule has 0 bridgehead atoms. The van der Waals surface area contributed by atoms with Crippen LogP contribution in [0.15, 0.2) is 161 Å². The normalized spacial score (nSPS) is 18.2. The van der Waals surface area contributed by atoms with Crippen LogP contribution < -0.4 is 9.64 Å². The molecule has 0 saturated heterocycles. The Kier molecular flexibility index (Phi) is 7.67. The molecular formula is C53H36N4OS. The Morgan fingerprint density at radius 1 is 0.644 bits per heavy atom. The van der Waals surface area contributed by atoms with E-state index in [4.69, 9.17) is 4.74 Å². The number of aryl methyl sites for hydroxylation is 1. The van der Waals surface area contributed by atoms with Crippen LogP contribution in [0.4, 0.5) is 17.1 Å². The van der Waals surface area contributed by atoms with Gasteiger partial charge in [0.05, 0.1) is 45.3 Å². The smallest absolute Gasteiger partial charge is 0.145 e. The zero-order chi connectivity index (χ0) is 39.2. The average Bonchev–Trinajstić information content (AvgIpc) is 3.61. The third-order valence-electron chi connectivity index (χ3n) is 12.8. The highest BCUT2D eigenvalue weighted by atomic mass is 32.2. The second-order valence-electron chi connectivity index (χ2n) is 15.9. The molecule has 3 aliphatic carbocycles. The fourth-order valence-electron chi connectivity index (χ4n) is 10.4. The van der Waals surface area contributed by atoms with Gasteiger partial charge in [-0.25, -0.2) is 0 Å². The van der Waals surface area contributed by atoms with E-state index < -0.39 is 6.10 Å². The number of nitriles is 2. The number of rotatable bonds is 2. The van der Waals surface area contributed by atoms with Gasteiger partial charge in [0, 0.05) is 32.5 Å². The first-order chi connectivity index (χ1) is 29.2. The maximum Gasteiger partial charge on any atom is 0.145 e. The molecule has 6 aromatic carbocycles. The highest BCUT2D eigenvalue weighted by molar-refractivity contribution is 7.99. The van der Waals surface area contributed by atoms with Crippen molar-refractivity contribution >= 4 is 56.7 Å². The summed E-state index contributed by atoms with van der Waals surface area (Å²) in [6.07, 6.45) is 17.7. The van der Waals surface area contributed by atoms with E-state index in [-0.39, 0.29) is 5.92 Å². The van der Waals surface area contributed by atoms with Gasteiger partial charge in [-0.1, -0.05) is 115 Å². The Bertz CT molecular complexity index is 3100. The Morgan fingerprint density at radius 2 is 1.29 bits per heavy atom. The summed E-state index contributed by atoms with van der Waals surface area (Å²) >= 11 is 1.73. The molecule has 0 N–H and O–H groups in total. The second kappa shape index (κ2) is 13.3. The number of aromatic nitrogens is 1. The van der Waals surface area contributed by atoms with E-state index in [1.165, 1.54) is 33.4 Å². The van der Waals surface area contributed by atoms with Gasteiger partial charge in [-0.15, -0.1) is 0 Å². The number of ether oxygens (including phenoxy) is 1. The van der Waals surface area contributed by atoms with Crippen molar-refractivity contribution in [2.45, 2.75) is 53.9 Å². The summed E-state index contributed by atoms with van der Waals surface area (Å²) in [4.78, 5) is 4.39. The molecule has 5 aliphatic rings. The summed E-state index contributed by atoms with van der Waals surface area (Å²) in [6, 6.07) is 43.6. The summed E-state index contributed by atoms with van der Waals surface area (Å²) in [5, 5.41) is 25.8. The minimum atomic E-state index is -0.403. The molecule has 7 aromatic rings. The lowest BCUT2D eigenvalue weighted by Crippen LogP contribution is -2.32. The zero-order valence-corrected chi connectivity index (χ0v) is 33.0. The molecule has 0 saturated carbocycles. The number of nitrogens with zero attached hydrogens (tertiary/aromatic N) is 4. The lowest BCUT2D eigenvalue weighted by atomic mass is 9.71. The first-order valence-electron chi connectivity index (χ1n) is 20.4. The van der Waals surface area contributed by atoms with E-state index in [1.54, 1.807) is 11.8 Å². The SMILES string of the molecule is N#Cc1c2c(c(C#N)c(-n3c4ccccc4c4ccccc43)c1N1c3ccccc3Sc3ccccc31)OC1C=CC3=C(C=CCC3)C1c1c(ccc3c1C=CCC3)C2. The van der Waals surface area contributed by atoms with Crippen molar-refractivity contribution < 1.29 is 4.74 Å². The van der Waals surface area contributed by atoms with Crippen LogP contribution in [0.1, 0.15) is 64.1 Å². The number of anilines is 3. The fourth-order valence-corrected chi connectivity index (χ4v) is 11.4. The van der Waals surface area contributed by atoms with Gasteiger partial charge in [0.1, 0.15) is 29.6 Å². The molecule has 1 aromatic heterocycles. The van der Waals surface area contributed by atoms with E-state index in [0.717, 1.165) is 74.2 Å². The summed E-state index contributed by atoms with van der Waals surface area (Å²) in [5.74, 6) is 0.415. The molecule has 280 valence electrons. The third kappa shape index (κ3) is 4.97. The molecule has 2 atom stereocenters. The van der Waals surface area contributed by atoms with E-state index in [1.807, 2.05) is 12.1 Å². The highest BCUT2D eigenvalue weighted by Crippen LogP contribution is 2.57. The Labute approximate surface area is 347 Å². The molecule has 59 heavy (non-hydrogen) atoms. The van der Waals surface area contributed by atoms with Gasteiger partial charge >= 0.3 is 0 Å². The third-order valence-corrected chi connectivity index (χ3v) is 14.0. The number of fused-ring (bicyclic) bond motifs is 12. The van der Waals surface area contributed by atoms with Gasteiger partial charge in [-0.3, -0.25) is 0 Å². The van der Waals surface area contributed by atoms with Crippen LogP contribution in [-0.4, -0.2) is 10.7 Å². The van der Waals surface area contributed by atoms with Crippen LogP contribution in [0, 0.1) is 22.7 Å². The number of hydrogen-bond donors (Lipinski definition) is 0. The monoisotopic (exact) mass is 776 g/mol. The standard InChI is InChI=1S/C53H36N4OS/c54-30-40-39-29-34-26-25-32-13-1-3-15-35(32)49(34)50-36-16-4-2-14-33(36)27-28-46(50)58-53(39)41(31-55)52(56-42-19-7-5-17-37(42)38-18-6-8-20-43(38)56)51(40)57-44-21-9-11-23-47(44)59-48-24-12-10-22-45(48)57/h3-12,15-28,46,50H,1-2,13-14,29H2. The van der Waals surface area contributed by atoms with Crippen LogP contribution in [0.25, 0.3) is 33.6 Å². The quantitative estimate of drug-likeness (QED) is 0.175. The van der Waals surface area contributed by atoms with Crippen molar-refractivity contribution in [3.63, 3.8) is 0 Å². The average molecular weight is 777 g/mol. The van der Waals surface area contributed by atoms with Crippen LogP contribution in [0.3, 0.4) is 0 Å². The number of benzene rings is 6. The van der Waals surface area contributed by atoms with Crippen molar-refractivity contribution in [1.29, 1.82) is 10.5 Å². The Balaban J connectivity index is 1.25. The zero-order valence-electron chi connectivity index (χ0n) is 32.2. The molecule has 12 rings (SSSR count). The second-order valence-corrected chi connectivity index (χ2v) is 17.0. The predicted octanol–water partition coefficient (Wildman–Crippen LogP) is 13.1. The van der Waals surface area contributed by atoms with E-state index in [9.17, 15) is 10.5 Å². The summed E-state index contributed by atoms with van der Waals surface area (Å²) in [7, 11) is 0. The van der Waals surface area contributed by atoms with Crippen LogP contribution >= 0.6 is 11.8 Å². The maximum atomic E-state index is 11.8. The first kappa shape index (κ1) is 34.1. The van der Waals surface area contributed by atoms with Crippen molar-refractivity contribution in [2.75, 3.05) is 4.90 Å². The van der Waals surface area contributed by atoms with Crippen LogP contribution in [0.5, 0.6) is 5.75 Å². The van der Waals surface area contributed by atoms with Crippen molar-refractivity contribution in [3.8, 4) is 23.6 Å². The molecule has 2 unspecified atom stereocenters. The van der Waals surface area contributed by atoms with Crippen LogP contribution in [-0.2, 0) is 12.8 Å². The number of hydrogen-bond acceptors (Lipinski definition) is 5. The molecule has 0 fully saturated rings. The highest BCUT2D eigenvalue weighted by Gasteiger charge is 2.41. The van der Waals surface area contributed by atoms with Gasteiger partial charge in [0.25, 0.3) is 0 Å². The first-order valence-corrected chi connectivity index (χ1v) is 21.3. The largest absolute Gasteiger partial charge is 0.484 e. The summed E-state index contributed by atoms with van der Waals surface area (Å²) in [5.41, 5.74) is 14.5. The van der Waals surface area contributed by atoms with Gasteiger partial charge in [0.2, 0.25) is 0 Å². The molecule has 6 heteroatoms. The maximum absolute atomic E-state index is 11.8. The fraction of sp³-hybridized carbons (Fsp3) is 0.132. The molecule has 3 heterocycles. The topological polar surface area (TPSA) is 65.0 Å². The molecule has 2 aliphatic heterocycles. The summed E-state index contributed by atoms with van der Waals surface area (Å²) in [6.45, 7) is 0. The molecular weight excluding hydrogens is 741 g/mol. The van der Waals surface area contributed by atoms with Gasteiger partial charge < -0.3 is 14.2 Å². The molecule has 0 radical (unpaired) electrons. The minimum Gasteiger partial charge on any atom is -0.484 e. The van der Waals surface area contributed by atoms with E-state index in [0.29, 0.717) is 34.7 Å². The van der Waals surface area contributed by atoms with Crippen LogP contribution in [0.2, 0.25) is 0 Å². The van der Waals surface area contributed by atoms with Gasteiger partial charge in [0.15, 0.2) is 0 Å². The van der Waals surface area contributed by atoms with Crippen molar-refractivity contribution in [3.05, 3.63) is 190 Å². The lowest BCUT2D eigenvalue weighted by molar-refractivity contribution is 0.222. The molecule has 5 nitrogen and oxygen atoms in total. The Morgan fingerprint density at radius 3 is 2.02 bits per heavy atom. The number of para-hydroxylation sites is 4. The summed E-state index contributed by atoms with van der Waals surface area (Å²) < 4.78 is 9.67. The van der Waals surface area contributed by atoms with Crippen molar-refractivity contribution in [1.82, 2.24) is 4.57 Å². The lowest BCUT2D eigenvalue weighted by Gasteiger charge is -2.40. The van der Waals surface area contributed by atoms with Crippen molar-refractivity contribution in [2.24, 2.45) is 0 Å². The predicted molar refractivity (Wildman–Crippen MR) is 237 cm³/mol. The van der Waals surface area contributed by atoms with E-state index >= 15 is 0 Å². The van der Waals surface area contributed by atoms with Gasteiger partial charge in [-0.2, -0.15) is 10.5 Å². The molecule has 0 amide bonds. The van der Waals surface area contributed by atoms with Gasteiger partial charge in [-0.05, 0) is 102 Å². The van der Waals surface area contributed by atoms with E-state index in [2.05, 4.69) is 155 Å². The molecule has 0 spiro atoms.